The summed E-state index contributed by atoms with van der Waals surface area (Å²) in [6.07, 6.45) is 0. The molecule has 0 spiro atoms. The van der Waals surface area contributed by atoms with Crippen molar-refractivity contribution in [3.05, 3.63) is 0 Å². The first kappa shape index (κ1) is 52.8. The number of methoxy groups -OCH3 is 3. The van der Waals surface area contributed by atoms with Gasteiger partial charge in [-0.1, -0.05) is 0 Å². The van der Waals surface area contributed by atoms with Gasteiger partial charge in [-0.05, 0) is 0 Å². The molecule has 0 atom stereocenters. The van der Waals surface area contributed by atoms with Crippen LogP contribution in [-0.2, 0) is 80.6 Å². The summed E-state index contributed by atoms with van der Waals surface area (Å²) in [5, 5.41) is 2.69. The van der Waals surface area contributed by atoms with E-state index in [9.17, 15) is 4.79 Å². The summed E-state index contributed by atoms with van der Waals surface area (Å²) in [6.45, 7) is 11.0. The van der Waals surface area contributed by atoms with Crippen LogP contribution in [0, 0.1) is 0 Å². The third-order valence-electron chi connectivity index (χ3n) is 6.70. The van der Waals surface area contributed by atoms with Crippen molar-refractivity contribution in [1.82, 2.24) is 5.32 Å². The second-order valence-electron chi connectivity index (χ2n) is 11.3. The third kappa shape index (κ3) is 39.0. The number of amides is 1. The van der Waals surface area contributed by atoms with Gasteiger partial charge in [-0.15, -0.1) is 0 Å². The van der Waals surface area contributed by atoms with Gasteiger partial charge in [0.2, 0.25) is 5.91 Å². The molecule has 0 aliphatic rings. The second kappa shape index (κ2) is 44.5. The third-order valence-corrected chi connectivity index (χ3v) is 6.70. The molecule has 0 heterocycles. The summed E-state index contributed by atoms with van der Waals surface area (Å²) in [5.41, 5.74) is 4.44. The Morgan fingerprint density at radius 1 is 0.407 bits per heavy atom. The van der Waals surface area contributed by atoms with E-state index in [1.807, 2.05) is 0 Å². The number of rotatable bonds is 47. The Kier molecular flexibility index (Phi) is 43.5. The first-order valence-corrected chi connectivity index (χ1v) is 18.6. The number of carbonyl (C=O) groups is 1. The number of nitrogens with one attached hydrogen (secondary N) is 1. The Hall–Kier alpha value is -1.21. The van der Waals surface area contributed by atoms with E-state index in [4.69, 9.17) is 81.5 Å². The molecule has 0 aromatic heterocycles. The van der Waals surface area contributed by atoms with Gasteiger partial charge in [-0.3, -0.25) is 4.79 Å². The van der Waals surface area contributed by atoms with Crippen molar-refractivity contribution in [3.8, 4) is 0 Å². The molecular weight excluding hydrogens is 720 g/mol. The zero-order chi connectivity index (χ0) is 39.3. The number of ether oxygens (including phenoxy) is 16. The largest absolute Gasteiger partial charge is 0.382 e. The van der Waals surface area contributed by atoms with E-state index in [0.717, 1.165) is 0 Å². The van der Waals surface area contributed by atoms with Crippen LogP contribution in [0.3, 0.4) is 0 Å². The summed E-state index contributed by atoms with van der Waals surface area (Å²) in [4.78, 5) is 12.2. The summed E-state index contributed by atoms with van der Waals surface area (Å²) < 4.78 is 88.5. The molecule has 0 unspecified atom stereocenters. The van der Waals surface area contributed by atoms with Crippen LogP contribution in [0.1, 0.15) is 0 Å². The molecule has 3 N–H and O–H groups in total. The smallest absolute Gasteiger partial charge is 0.246 e. The SMILES string of the molecule is COCCOCCOCCOCCOCC(COCCOCCOCCOCCOC)(COCC(=O)NCCN)OCCOCCOCCOCCOC. The van der Waals surface area contributed by atoms with Crippen LogP contribution in [0.5, 0.6) is 0 Å². The van der Waals surface area contributed by atoms with E-state index < -0.39 is 5.60 Å². The Bertz CT molecular complexity index is 718. The number of hydrogen-bond donors (Lipinski definition) is 2. The number of carbonyl (C=O) groups excluding carboxylic acids is 1. The predicted molar refractivity (Wildman–Crippen MR) is 196 cm³/mol. The Balaban J connectivity index is 4.85. The van der Waals surface area contributed by atoms with Crippen LogP contribution >= 0.6 is 0 Å². The van der Waals surface area contributed by atoms with Gasteiger partial charge in [0.1, 0.15) is 12.2 Å². The van der Waals surface area contributed by atoms with Gasteiger partial charge in [-0.2, -0.15) is 0 Å². The Morgan fingerprint density at radius 3 is 1.00 bits per heavy atom. The van der Waals surface area contributed by atoms with Crippen molar-refractivity contribution >= 4 is 5.91 Å². The molecule has 0 rings (SSSR count). The van der Waals surface area contributed by atoms with E-state index in [1.165, 1.54) is 0 Å². The standard InChI is InChI=1S/C35H72N2O17/c1-39-6-9-42-12-15-45-18-20-48-24-26-51-31-35(33-53-30-34(38)37-5-4-36,54-29-28-50-23-22-47-17-14-44-11-8-41-3)32-52-27-25-49-21-19-46-16-13-43-10-7-40-2/h4-33,36H2,1-3H3,(H,37,38). The lowest BCUT2D eigenvalue weighted by Crippen LogP contribution is -2.49. The fraction of sp³-hybridized carbons (Fsp3) is 0.971. The zero-order valence-electron chi connectivity index (χ0n) is 33.2. The summed E-state index contributed by atoms with van der Waals surface area (Å²) in [6, 6.07) is 0. The molecule has 19 nitrogen and oxygen atoms in total. The quantitative estimate of drug-likeness (QED) is 0.0707. The molecule has 19 heteroatoms. The molecule has 0 radical (unpaired) electrons. The molecule has 0 fully saturated rings. The molecule has 0 aliphatic heterocycles. The van der Waals surface area contributed by atoms with E-state index in [-0.39, 0.29) is 58.8 Å². The molecule has 0 aromatic carbocycles. The van der Waals surface area contributed by atoms with Gasteiger partial charge in [0.25, 0.3) is 0 Å². The normalized spacial score (nSPS) is 11.9. The van der Waals surface area contributed by atoms with Crippen molar-refractivity contribution in [2.45, 2.75) is 5.60 Å². The molecule has 1 amide bonds. The van der Waals surface area contributed by atoms with Crippen molar-refractivity contribution in [2.24, 2.45) is 5.73 Å². The highest BCUT2D eigenvalue weighted by Gasteiger charge is 2.33. The van der Waals surface area contributed by atoms with E-state index >= 15 is 0 Å². The summed E-state index contributed by atoms with van der Waals surface area (Å²) >= 11 is 0. The maximum atomic E-state index is 12.2. The fourth-order valence-electron chi connectivity index (χ4n) is 3.96. The van der Waals surface area contributed by atoms with Gasteiger partial charge in [0, 0.05) is 34.4 Å². The first-order valence-electron chi connectivity index (χ1n) is 18.6. The zero-order valence-corrected chi connectivity index (χ0v) is 33.2. The van der Waals surface area contributed by atoms with Gasteiger partial charge < -0.3 is 86.8 Å². The van der Waals surface area contributed by atoms with Crippen LogP contribution < -0.4 is 11.1 Å². The second-order valence-corrected chi connectivity index (χ2v) is 11.3. The molecule has 0 bridgehead atoms. The number of hydrogen-bond acceptors (Lipinski definition) is 18. The molecule has 54 heavy (non-hydrogen) atoms. The minimum Gasteiger partial charge on any atom is -0.382 e. The highest BCUT2D eigenvalue weighted by molar-refractivity contribution is 5.77. The van der Waals surface area contributed by atoms with Crippen molar-refractivity contribution in [1.29, 1.82) is 0 Å². The van der Waals surface area contributed by atoms with Gasteiger partial charge in [0.15, 0.2) is 0 Å². The maximum Gasteiger partial charge on any atom is 0.246 e. The molecule has 0 aromatic rings. The fourth-order valence-corrected chi connectivity index (χ4v) is 3.96. The van der Waals surface area contributed by atoms with Crippen molar-refractivity contribution in [3.63, 3.8) is 0 Å². The highest BCUT2D eigenvalue weighted by Crippen LogP contribution is 2.15. The Labute approximate surface area is 322 Å². The lowest BCUT2D eigenvalue weighted by Gasteiger charge is -2.33. The predicted octanol–water partition coefficient (Wildman–Crippen LogP) is -1.04. The van der Waals surface area contributed by atoms with Crippen LogP contribution in [-0.4, -0.2) is 231 Å². The average Bonchev–Trinajstić information content (AvgIpc) is 3.18. The minimum absolute atomic E-state index is 0.0114. The minimum atomic E-state index is -1.06. The topological polar surface area (TPSA) is 203 Å². The lowest BCUT2D eigenvalue weighted by molar-refractivity contribution is -0.178. The summed E-state index contributed by atoms with van der Waals surface area (Å²) in [7, 11) is 4.88. The van der Waals surface area contributed by atoms with Crippen LogP contribution in [0.25, 0.3) is 0 Å². The molecule has 324 valence electrons. The van der Waals surface area contributed by atoms with Crippen molar-refractivity contribution < 1.29 is 80.6 Å². The van der Waals surface area contributed by atoms with E-state index in [2.05, 4.69) is 5.32 Å². The molecule has 0 saturated carbocycles. The molecule has 0 aliphatic carbocycles. The maximum absolute atomic E-state index is 12.2. The Morgan fingerprint density at radius 2 is 0.685 bits per heavy atom. The lowest BCUT2D eigenvalue weighted by atomic mass is 10.1. The summed E-state index contributed by atoms with van der Waals surface area (Å²) in [5.74, 6) is -0.294. The molecule has 0 saturated heterocycles. The van der Waals surface area contributed by atoms with E-state index in [1.54, 1.807) is 21.3 Å². The molecular formula is C35H72N2O17. The van der Waals surface area contributed by atoms with Crippen LogP contribution in [0.4, 0.5) is 0 Å². The van der Waals surface area contributed by atoms with Crippen LogP contribution in [0.2, 0.25) is 0 Å². The highest BCUT2D eigenvalue weighted by atomic mass is 16.6. The van der Waals surface area contributed by atoms with Gasteiger partial charge >= 0.3 is 0 Å². The van der Waals surface area contributed by atoms with Gasteiger partial charge in [0.05, 0.1) is 178 Å². The van der Waals surface area contributed by atoms with Gasteiger partial charge in [-0.25, -0.2) is 0 Å². The number of nitrogens with two attached hydrogens (primary N) is 1. The van der Waals surface area contributed by atoms with E-state index in [0.29, 0.717) is 145 Å². The monoisotopic (exact) mass is 792 g/mol. The average molecular weight is 793 g/mol. The van der Waals surface area contributed by atoms with Crippen molar-refractivity contribution in [2.75, 3.05) is 219 Å². The first-order chi connectivity index (χ1) is 26.6. The van der Waals surface area contributed by atoms with Crippen LogP contribution in [0.15, 0.2) is 0 Å².